The molecule has 0 fully saturated rings. The first-order chi connectivity index (χ1) is 10.5. The molecule has 114 valence electrons. The summed E-state index contributed by atoms with van der Waals surface area (Å²) in [4.78, 5) is 26.4. The number of aryl methyl sites for hydroxylation is 1. The number of aromatic nitrogens is 3. The summed E-state index contributed by atoms with van der Waals surface area (Å²) < 4.78 is 0. The molecule has 0 atom stereocenters. The Bertz CT molecular complexity index is 758. The Morgan fingerprint density at radius 3 is 2.77 bits per heavy atom. The van der Waals surface area contributed by atoms with Crippen molar-refractivity contribution < 1.29 is 4.79 Å². The second kappa shape index (κ2) is 5.25. The lowest BCUT2D eigenvalue weighted by atomic mass is 10.0. The molecule has 22 heavy (non-hydrogen) atoms. The summed E-state index contributed by atoms with van der Waals surface area (Å²) in [6.07, 6.45) is 3.39. The number of fused-ring (bicyclic) bond motifs is 1. The molecule has 3 rings (SSSR count). The van der Waals surface area contributed by atoms with E-state index in [1.165, 1.54) is 11.8 Å². The van der Waals surface area contributed by atoms with Crippen molar-refractivity contribution in [2.24, 2.45) is 0 Å². The Labute approximate surface area is 128 Å². The van der Waals surface area contributed by atoms with Gasteiger partial charge in [-0.2, -0.15) is 4.98 Å². The molecule has 0 aromatic carbocycles. The number of hydrogen-bond donors (Lipinski definition) is 2. The number of amides is 1. The average molecular weight is 298 g/mol. The fraction of sp³-hybridized carbons (Fsp3) is 0.333. The van der Waals surface area contributed by atoms with E-state index in [9.17, 15) is 4.79 Å². The number of nitrogens with zero attached hydrogens (tertiary/aromatic N) is 4. The summed E-state index contributed by atoms with van der Waals surface area (Å²) in [5, 5.41) is 2.76. The van der Waals surface area contributed by atoms with Crippen molar-refractivity contribution in [3.8, 4) is 0 Å². The number of nitrogens with one attached hydrogen (secondary N) is 1. The SMILES string of the molecule is Cc1cnc(CN2CC(=O)Nc3cnc(N)nc32)c(C)c1C. The molecular formula is C15H18N6O. The van der Waals surface area contributed by atoms with Crippen LogP contribution in [0.1, 0.15) is 22.4 Å². The second-order valence-electron chi connectivity index (χ2n) is 5.51. The number of carbonyl (C=O) groups is 1. The quantitative estimate of drug-likeness (QED) is 0.868. The smallest absolute Gasteiger partial charge is 0.244 e. The number of pyridine rings is 1. The number of anilines is 3. The molecule has 0 spiro atoms. The molecule has 0 saturated heterocycles. The Morgan fingerprint density at radius 1 is 1.23 bits per heavy atom. The minimum Gasteiger partial charge on any atom is -0.368 e. The molecule has 7 heteroatoms. The van der Waals surface area contributed by atoms with Crippen molar-refractivity contribution in [1.29, 1.82) is 0 Å². The van der Waals surface area contributed by atoms with E-state index in [1.807, 2.05) is 24.9 Å². The third kappa shape index (κ3) is 2.45. The summed E-state index contributed by atoms with van der Waals surface area (Å²) in [6.45, 7) is 6.88. The van der Waals surface area contributed by atoms with E-state index in [0.717, 1.165) is 16.8 Å². The topological polar surface area (TPSA) is 97.0 Å². The molecule has 1 aliphatic rings. The van der Waals surface area contributed by atoms with Crippen LogP contribution in [0.4, 0.5) is 17.5 Å². The van der Waals surface area contributed by atoms with Gasteiger partial charge in [-0.05, 0) is 37.5 Å². The number of rotatable bonds is 2. The molecule has 1 aliphatic heterocycles. The lowest BCUT2D eigenvalue weighted by Crippen LogP contribution is -2.39. The van der Waals surface area contributed by atoms with Crippen LogP contribution >= 0.6 is 0 Å². The zero-order valence-electron chi connectivity index (χ0n) is 12.8. The van der Waals surface area contributed by atoms with Gasteiger partial charge in [0.05, 0.1) is 25.0 Å². The lowest BCUT2D eigenvalue weighted by molar-refractivity contribution is -0.115. The molecule has 0 saturated carbocycles. The predicted octanol–water partition coefficient (Wildman–Crippen LogP) is 1.34. The number of carbonyl (C=O) groups excluding carboxylic acids is 1. The van der Waals surface area contributed by atoms with Crippen molar-refractivity contribution in [3.05, 3.63) is 34.8 Å². The zero-order chi connectivity index (χ0) is 15.9. The van der Waals surface area contributed by atoms with Crippen molar-refractivity contribution >= 4 is 23.4 Å². The molecule has 2 aromatic rings. The van der Waals surface area contributed by atoms with Crippen LogP contribution < -0.4 is 16.0 Å². The Kier molecular flexibility index (Phi) is 3.40. The first-order valence-electron chi connectivity index (χ1n) is 7.04. The summed E-state index contributed by atoms with van der Waals surface area (Å²) in [7, 11) is 0. The van der Waals surface area contributed by atoms with Crippen LogP contribution in [0.15, 0.2) is 12.4 Å². The normalized spacial score (nSPS) is 13.8. The van der Waals surface area contributed by atoms with Crippen molar-refractivity contribution in [3.63, 3.8) is 0 Å². The molecule has 0 radical (unpaired) electrons. The van der Waals surface area contributed by atoms with Gasteiger partial charge in [0.2, 0.25) is 11.9 Å². The van der Waals surface area contributed by atoms with Gasteiger partial charge in [-0.1, -0.05) is 0 Å². The second-order valence-corrected chi connectivity index (χ2v) is 5.51. The van der Waals surface area contributed by atoms with Crippen LogP contribution in [-0.2, 0) is 11.3 Å². The summed E-state index contributed by atoms with van der Waals surface area (Å²) >= 11 is 0. The van der Waals surface area contributed by atoms with Gasteiger partial charge >= 0.3 is 0 Å². The molecular weight excluding hydrogens is 280 g/mol. The largest absolute Gasteiger partial charge is 0.368 e. The number of nitrogen functional groups attached to an aromatic ring is 1. The molecule has 0 unspecified atom stereocenters. The maximum atomic E-state index is 11.9. The average Bonchev–Trinajstić information content (AvgIpc) is 2.48. The Balaban J connectivity index is 1.98. The fourth-order valence-electron chi connectivity index (χ4n) is 2.50. The molecule has 0 aliphatic carbocycles. The minimum atomic E-state index is -0.0950. The summed E-state index contributed by atoms with van der Waals surface area (Å²) in [6, 6.07) is 0. The minimum absolute atomic E-state index is 0.0950. The van der Waals surface area contributed by atoms with Crippen LogP contribution in [0, 0.1) is 20.8 Å². The van der Waals surface area contributed by atoms with E-state index in [0.29, 0.717) is 18.1 Å². The molecule has 0 bridgehead atoms. The number of nitrogens with two attached hydrogens (primary N) is 1. The van der Waals surface area contributed by atoms with E-state index in [1.54, 1.807) is 0 Å². The standard InChI is InChI=1S/C15H18N6O/c1-8-4-17-12(10(3)9(8)2)6-21-7-13(22)19-11-5-18-15(16)20-14(11)21/h4-5H,6-7H2,1-3H3,(H,19,22)(H2,16,18,20). The van der Waals surface area contributed by atoms with Crippen LogP contribution in [0.2, 0.25) is 0 Å². The maximum absolute atomic E-state index is 11.9. The molecule has 3 heterocycles. The third-order valence-corrected chi connectivity index (χ3v) is 4.04. The first kappa shape index (κ1) is 14.2. The van der Waals surface area contributed by atoms with E-state index >= 15 is 0 Å². The zero-order valence-corrected chi connectivity index (χ0v) is 12.8. The maximum Gasteiger partial charge on any atom is 0.244 e. The summed E-state index contributed by atoms with van der Waals surface area (Å²) in [5.74, 6) is 0.721. The highest BCUT2D eigenvalue weighted by molar-refractivity contribution is 6.00. The molecule has 7 nitrogen and oxygen atoms in total. The van der Waals surface area contributed by atoms with Gasteiger partial charge in [0.15, 0.2) is 5.82 Å². The highest BCUT2D eigenvalue weighted by Crippen LogP contribution is 2.28. The lowest BCUT2D eigenvalue weighted by Gasteiger charge is -2.29. The number of hydrogen-bond acceptors (Lipinski definition) is 6. The first-order valence-corrected chi connectivity index (χ1v) is 7.04. The molecule has 2 aromatic heterocycles. The van der Waals surface area contributed by atoms with Crippen molar-refractivity contribution in [2.75, 3.05) is 22.5 Å². The molecule has 1 amide bonds. The monoisotopic (exact) mass is 298 g/mol. The van der Waals surface area contributed by atoms with Gasteiger partial charge in [-0.3, -0.25) is 9.78 Å². The van der Waals surface area contributed by atoms with Crippen molar-refractivity contribution in [1.82, 2.24) is 15.0 Å². The fourth-order valence-corrected chi connectivity index (χ4v) is 2.50. The predicted molar refractivity (Wildman–Crippen MR) is 84.6 cm³/mol. The van der Waals surface area contributed by atoms with Gasteiger partial charge < -0.3 is 16.0 Å². The van der Waals surface area contributed by atoms with Gasteiger partial charge in [-0.25, -0.2) is 4.98 Å². The molecule has 3 N–H and O–H groups in total. The van der Waals surface area contributed by atoms with Gasteiger partial charge in [0, 0.05) is 6.20 Å². The summed E-state index contributed by atoms with van der Waals surface area (Å²) in [5.41, 5.74) is 10.7. The van der Waals surface area contributed by atoms with Crippen LogP contribution in [-0.4, -0.2) is 27.4 Å². The van der Waals surface area contributed by atoms with Crippen LogP contribution in [0.5, 0.6) is 0 Å². The van der Waals surface area contributed by atoms with Crippen LogP contribution in [0.25, 0.3) is 0 Å². The third-order valence-electron chi connectivity index (χ3n) is 4.04. The van der Waals surface area contributed by atoms with Gasteiger partial charge in [0.25, 0.3) is 0 Å². The van der Waals surface area contributed by atoms with E-state index in [-0.39, 0.29) is 18.4 Å². The van der Waals surface area contributed by atoms with Gasteiger partial charge in [0.1, 0.15) is 5.69 Å². The highest BCUT2D eigenvalue weighted by atomic mass is 16.2. The van der Waals surface area contributed by atoms with Gasteiger partial charge in [-0.15, -0.1) is 0 Å². The van der Waals surface area contributed by atoms with Crippen molar-refractivity contribution in [2.45, 2.75) is 27.3 Å². The highest BCUT2D eigenvalue weighted by Gasteiger charge is 2.25. The van der Waals surface area contributed by atoms with Crippen LogP contribution in [0.3, 0.4) is 0 Å². The van der Waals surface area contributed by atoms with E-state index < -0.39 is 0 Å². The van der Waals surface area contributed by atoms with E-state index in [2.05, 4.69) is 27.2 Å². The Morgan fingerprint density at radius 2 is 2.00 bits per heavy atom. The Hall–Kier alpha value is -2.70. The van der Waals surface area contributed by atoms with E-state index in [4.69, 9.17) is 5.73 Å².